The monoisotopic (exact) mass is 462 g/mol. The van der Waals surface area contributed by atoms with E-state index >= 15 is 0 Å². The number of hydrogen-bond donors (Lipinski definition) is 1. The molecule has 11 heteroatoms. The van der Waals surface area contributed by atoms with Gasteiger partial charge in [-0.2, -0.15) is 9.78 Å². The molecule has 1 saturated heterocycles. The number of aromatic nitrogens is 3. The third-order valence-electron chi connectivity index (χ3n) is 4.95. The van der Waals surface area contributed by atoms with Gasteiger partial charge in [0.2, 0.25) is 5.91 Å². The van der Waals surface area contributed by atoms with E-state index in [4.69, 9.17) is 27.7 Å². The summed E-state index contributed by atoms with van der Waals surface area (Å²) in [4.78, 5) is 29.0. The van der Waals surface area contributed by atoms with E-state index in [0.29, 0.717) is 54.2 Å². The van der Waals surface area contributed by atoms with Crippen molar-refractivity contribution in [3.05, 3.63) is 62.7 Å². The van der Waals surface area contributed by atoms with Crippen LogP contribution in [0.1, 0.15) is 5.76 Å². The minimum absolute atomic E-state index is 0.109. The summed E-state index contributed by atoms with van der Waals surface area (Å²) in [6, 6.07) is 8.45. The van der Waals surface area contributed by atoms with Crippen LogP contribution in [0.15, 0.2) is 45.8 Å². The van der Waals surface area contributed by atoms with Gasteiger partial charge in [-0.05, 0) is 31.2 Å². The van der Waals surface area contributed by atoms with Crippen molar-refractivity contribution in [3.63, 3.8) is 0 Å². The van der Waals surface area contributed by atoms with E-state index in [1.54, 1.807) is 43.5 Å². The fourth-order valence-electron chi connectivity index (χ4n) is 3.37. The number of amides is 1. The Labute approximate surface area is 188 Å². The number of carbonyl (C=O) groups excluding carboxylic acids is 1. The van der Waals surface area contributed by atoms with Gasteiger partial charge in [0.05, 0.1) is 24.1 Å². The lowest BCUT2D eigenvalue weighted by Gasteiger charge is -2.35. The molecular weight excluding hydrogens is 443 g/mol. The number of aryl methyl sites for hydroxylation is 1. The van der Waals surface area contributed by atoms with E-state index in [1.165, 1.54) is 4.68 Å². The number of anilines is 2. The number of rotatable bonds is 5. The molecule has 1 fully saturated rings. The van der Waals surface area contributed by atoms with Gasteiger partial charge in [0.15, 0.2) is 5.82 Å². The van der Waals surface area contributed by atoms with Gasteiger partial charge >= 0.3 is 0 Å². The van der Waals surface area contributed by atoms with Gasteiger partial charge in [0.1, 0.15) is 10.8 Å². The molecule has 0 atom stereocenters. The van der Waals surface area contributed by atoms with Gasteiger partial charge in [-0.25, -0.2) is 0 Å². The largest absolute Gasteiger partial charge is 0.366 e. The predicted octanol–water partition coefficient (Wildman–Crippen LogP) is 2.60. The standard InChI is InChI=1S/C20H20Cl2N6O3/c1-13-10-17(25-31-13)24-18(29)12-26-6-8-27(9-7-26)16-11-23-28(20(30)19(16)22)15-4-2-14(21)3-5-15/h2-5,10-11H,6-9,12H2,1H3,(H,24,25,29). The fourth-order valence-corrected chi connectivity index (χ4v) is 3.74. The fraction of sp³-hybridized carbons (Fsp3) is 0.300. The Kier molecular flexibility index (Phi) is 6.26. The zero-order valence-corrected chi connectivity index (χ0v) is 18.2. The van der Waals surface area contributed by atoms with Crippen molar-refractivity contribution in [1.29, 1.82) is 0 Å². The summed E-state index contributed by atoms with van der Waals surface area (Å²) < 4.78 is 6.19. The van der Waals surface area contributed by atoms with Gasteiger partial charge in [-0.1, -0.05) is 28.4 Å². The average molecular weight is 463 g/mol. The van der Waals surface area contributed by atoms with E-state index in [9.17, 15) is 9.59 Å². The van der Waals surface area contributed by atoms with E-state index in [0.717, 1.165) is 0 Å². The molecule has 162 valence electrons. The van der Waals surface area contributed by atoms with Crippen LogP contribution < -0.4 is 15.8 Å². The van der Waals surface area contributed by atoms with Crippen molar-refractivity contribution in [3.8, 4) is 5.69 Å². The third-order valence-corrected chi connectivity index (χ3v) is 5.55. The number of nitrogens with one attached hydrogen (secondary N) is 1. The minimum atomic E-state index is -0.397. The molecule has 0 aliphatic carbocycles. The van der Waals surface area contributed by atoms with Gasteiger partial charge in [-0.3, -0.25) is 14.5 Å². The molecular formula is C20H20Cl2N6O3. The molecule has 1 N–H and O–H groups in total. The lowest BCUT2D eigenvalue weighted by Crippen LogP contribution is -2.49. The minimum Gasteiger partial charge on any atom is -0.366 e. The number of carbonyl (C=O) groups is 1. The molecule has 4 rings (SSSR count). The zero-order valence-electron chi connectivity index (χ0n) is 16.7. The van der Waals surface area contributed by atoms with Crippen LogP contribution in [-0.2, 0) is 4.79 Å². The van der Waals surface area contributed by atoms with Crippen LogP contribution in [0.25, 0.3) is 5.69 Å². The molecule has 1 aromatic carbocycles. The third kappa shape index (κ3) is 4.90. The number of halogens is 2. The first-order valence-corrected chi connectivity index (χ1v) is 10.4. The first-order chi connectivity index (χ1) is 14.9. The highest BCUT2D eigenvalue weighted by molar-refractivity contribution is 6.33. The molecule has 0 saturated carbocycles. The van der Waals surface area contributed by atoms with Gasteiger partial charge in [-0.15, -0.1) is 0 Å². The van der Waals surface area contributed by atoms with Crippen molar-refractivity contribution in [1.82, 2.24) is 19.8 Å². The normalized spacial score (nSPS) is 14.6. The maximum Gasteiger partial charge on any atom is 0.292 e. The molecule has 3 heterocycles. The lowest BCUT2D eigenvalue weighted by molar-refractivity contribution is -0.117. The highest BCUT2D eigenvalue weighted by atomic mass is 35.5. The van der Waals surface area contributed by atoms with Crippen molar-refractivity contribution < 1.29 is 9.32 Å². The van der Waals surface area contributed by atoms with E-state index in [2.05, 4.69) is 15.6 Å². The van der Waals surface area contributed by atoms with Crippen molar-refractivity contribution >= 4 is 40.6 Å². The Morgan fingerprint density at radius 3 is 2.52 bits per heavy atom. The number of nitrogens with zero attached hydrogens (tertiary/aromatic N) is 5. The second-order valence-electron chi connectivity index (χ2n) is 7.17. The van der Waals surface area contributed by atoms with Crippen LogP contribution in [0.5, 0.6) is 0 Å². The van der Waals surface area contributed by atoms with Crippen molar-refractivity contribution in [2.24, 2.45) is 0 Å². The highest BCUT2D eigenvalue weighted by Gasteiger charge is 2.23. The topological polar surface area (TPSA) is 96.5 Å². The first kappa shape index (κ1) is 21.4. The zero-order chi connectivity index (χ0) is 22.0. The molecule has 31 heavy (non-hydrogen) atoms. The first-order valence-electron chi connectivity index (χ1n) is 9.65. The smallest absolute Gasteiger partial charge is 0.292 e. The van der Waals surface area contributed by atoms with Crippen LogP contribution in [0.3, 0.4) is 0 Å². The number of piperazine rings is 1. The molecule has 0 radical (unpaired) electrons. The summed E-state index contributed by atoms with van der Waals surface area (Å²) in [5.41, 5.74) is 0.770. The molecule has 2 aromatic heterocycles. The Hall–Kier alpha value is -2.88. The molecule has 3 aromatic rings. The van der Waals surface area contributed by atoms with Gasteiger partial charge in [0.25, 0.3) is 5.56 Å². The summed E-state index contributed by atoms with van der Waals surface area (Å²) in [5.74, 6) is 0.875. The molecule has 1 aliphatic rings. The van der Waals surface area contributed by atoms with Crippen molar-refractivity contribution in [2.75, 3.05) is 42.9 Å². The Balaban J connectivity index is 1.38. The maximum atomic E-state index is 12.7. The Morgan fingerprint density at radius 1 is 1.16 bits per heavy atom. The highest BCUT2D eigenvalue weighted by Crippen LogP contribution is 2.23. The SMILES string of the molecule is Cc1cc(NC(=O)CN2CCN(c3cnn(-c4ccc(Cl)cc4)c(=O)c3Cl)CC2)no1. The van der Waals surface area contributed by atoms with E-state index in [1.807, 2.05) is 9.80 Å². The van der Waals surface area contributed by atoms with E-state index < -0.39 is 5.56 Å². The molecule has 0 unspecified atom stereocenters. The lowest BCUT2D eigenvalue weighted by atomic mass is 10.2. The molecule has 1 aliphatic heterocycles. The van der Waals surface area contributed by atoms with E-state index in [-0.39, 0.29) is 17.5 Å². The Bertz CT molecular complexity index is 1140. The van der Waals surface area contributed by atoms with Gasteiger partial charge in [0, 0.05) is 37.3 Å². The molecule has 0 bridgehead atoms. The molecule has 0 spiro atoms. The summed E-state index contributed by atoms with van der Waals surface area (Å²) in [6.45, 7) is 4.51. The maximum absolute atomic E-state index is 12.7. The number of benzene rings is 1. The molecule has 1 amide bonds. The van der Waals surface area contributed by atoms with Crippen LogP contribution >= 0.6 is 23.2 Å². The second-order valence-corrected chi connectivity index (χ2v) is 7.99. The quantitative estimate of drug-likeness (QED) is 0.622. The summed E-state index contributed by atoms with van der Waals surface area (Å²) in [6.07, 6.45) is 1.59. The van der Waals surface area contributed by atoms with Gasteiger partial charge < -0.3 is 14.7 Å². The van der Waals surface area contributed by atoms with Crippen molar-refractivity contribution in [2.45, 2.75) is 6.92 Å². The Morgan fingerprint density at radius 2 is 1.87 bits per heavy atom. The van der Waals surface area contributed by atoms with Crippen LogP contribution in [0.2, 0.25) is 10.0 Å². The summed E-state index contributed by atoms with van der Waals surface area (Å²) >= 11 is 12.3. The second kappa shape index (κ2) is 9.09. The molecule has 9 nitrogen and oxygen atoms in total. The predicted molar refractivity (Wildman–Crippen MR) is 118 cm³/mol. The summed E-state index contributed by atoms with van der Waals surface area (Å²) in [7, 11) is 0. The van der Waals surface area contributed by atoms with Crippen LogP contribution in [0, 0.1) is 6.92 Å². The summed E-state index contributed by atoms with van der Waals surface area (Å²) in [5, 5.41) is 11.4. The number of hydrogen-bond acceptors (Lipinski definition) is 7. The van der Waals surface area contributed by atoms with Crippen LogP contribution in [0.4, 0.5) is 11.5 Å². The average Bonchev–Trinajstić information content (AvgIpc) is 3.16. The van der Waals surface area contributed by atoms with Crippen LogP contribution in [-0.4, -0.2) is 58.5 Å².